The highest BCUT2D eigenvalue weighted by Gasteiger charge is 2.17. The third-order valence-corrected chi connectivity index (χ3v) is 4.74. The van der Waals surface area contributed by atoms with E-state index in [2.05, 4.69) is 47.2 Å². The molecular weight excluding hydrogens is 504 g/mol. The van der Waals surface area contributed by atoms with Crippen molar-refractivity contribution in [3.63, 3.8) is 0 Å². The van der Waals surface area contributed by atoms with Crippen LogP contribution in [0.25, 0.3) is 0 Å². The number of aliphatic imine (C=N–C) groups is 1. The smallest absolute Gasteiger partial charge is 0.423 e. The summed E-state index contributed by atoms with van der Waals surface area (Å²) in [6.07, 6.45) is 0. The Morgan fingerprint density at radius 1 is 1.15 bits per heavy atom. The number of hydrogen-bond acceptors (Lipinski definition) is 9. The predicted octanol–water partition coefficient (Wildman–Crippen LogP) is 0.942. The van der Waals surface area contributed by atoms with Crippen molar-refractivity contribution in [2.24, 2.45) is 4.99 Å². The van der Waals surface area contributed by atoms with Crippen molar-refractivity contribution in [1.29, 1.82) is 0 Å². The van der Waals surface area contributed by atoms with Crippen molar-refractivity contribution < 1.29 is 29.1 Å². The van der Waals surface area contributed by atoms with Gasteiger partial charge in [0.15, 0.2) is 11.5 Å². The number of benzene rings is 2. The van der Waals surface area contributed by atoms with Gasteiger partial charge in [-0.05, 0) is 62.0 Å². The molecule has 0 saturated carbocycles. The molecule has 0 fully saturated rings. The van der Waals surface area contributed by atoms with Crippen LogP contribution in [0.3, 0.4) is 0 Å². The van der Waals surface area contributed by atoms with E-state index >= 15 is 0 Å². The molecule has 0 aliphatic rings. The Morgan fingerprint density at radius 3 is 2.58 bits per heavy atom. The first kappa shape index (κ1) is 24.1. The van der Waals surface area contributed by atoms with Crippen LogP contribution in [0.15, 0.2) is 56.6 Å². The molecule has 7 N–H and O–H groups in total. The molecular formula is C18H18BBrFN7O5. The molecule has 3 rings (SSSR count). The summed E-state index contributed by atoms with van der Waals surface area (Å²) < 4.78 is 18.3. The monoisotopic (exact) mass is 521 g/mol. The van der Waals surface area contributed by atoms with E-state index in [0.29, 0.717) is 16.8 Å². The average molecular weight is 522 g/mol. The van der Waals surface area contributed by atoms with E-state index in [9.17, 15) is 14.4 Å². The summed E-state index contributed by atoms with van der Waals surface area (Å²) in [6.45, 7) is 0.417. The molecule has 3 aromatic rings. The first-order valence-corrected chi connectivity index (χ1v) is 10.2. The number of urea groups is 1. The molecule has 0 spiro atoms. The number of carbonyl (C=O) groups is 1. The Bertz CT molecular complexity index is 1130. The minimum Gasteiger partial charge on any atom is -0.423 e. The van der Waals surface area contributed by atoms with Crippen molar-refractivity contribution in [3.05, 3.63) is 58.4 Å². The summed E-state index contributed by atoms with van der Waals surface area (Å²) in [4.78, 5) is 16.1. The number of rotatable bonds is 8. The molecule has 0 aliphatic heterocycles. The normalized spacial score (nSPS) is 11.1. The van der Waals surface area contributed by atoms with Crippen LogP contribution in [0.5, 0.6) is 0 Å². The van der Waals surface area contributed by atoms with Gasteiger partial charge in [-0.25, -0.2) is 18.8 Å². The van der Waals surface area contributed by atoms with Gasteiger partial charge in [-0.1, -0.05) is 12.1 Å². The molecule has 2 amide bonds. The lowest BCUT2D eigenvalue weighted by Crippen LogP contribution is -2.33. The fourth-order valence-corrected chi connectivity index (χ4v) is 2.91. The van der Waals surface area contributed by atoms with Gasteiger partial charge in [0.25, 0.3) is 0 Å². The largest absolute Gasteiger partial charge is 0.488 e. The van der Waals surface area contributed by atoms with E-state index < -0.39 is 19.0 Å². The van der Waals surface area contributed by atoms with Gasteiger partial charge in [-0.15, -0.1) is 0 Å². The second-order valence-electron chi connectivity index (χ2n) is 6.44. The van der Waals surface area contributed by atoms with Gasteiger partial charge in [0.05, 0.1) is 10.2 Å². The van der Waals surface area contributed by atoms with Crippen molar-refractivity contribution >= 4 is 57.6 Å². The van der Waals surface area contributed by atoms with Crippen LogP contribution in [0.1, 0.15) is 5.69 Å². The first-order chi connectivity index (χ1) is 15.9. The molecule has 1 aromatic heterocycles. The Balaban J connectivity index is 1.53. The summed E-state index contributed by atoms with van der Waals surface area (Å²) in [7, 11) is -1.58. The molecule has 15 heteroatoms. The fraction of sp³-hybridized carbons (Fsp3) is 0.111. The van der Waals surface area contributed by atoms with Crippen LogP contribution in [0.4, 0.5) is 26.4 Å². The van der Waals surface area contributed by atoms with Crippen molar-refractivity contribution in [2.75, 3.05) is 23.7 Å². The molecule has 0 radical (unpaired) electrons. The number of amides is 2. The van der Waals surface area contributed by atoms with Gasteiger partial charge >= 0.3 is 13.1 Å². The Kier molecular flexibility index (Phi) is 8.31. The van der Waals surface area contributed by atoms with Crippen molar-refractivity contribution in [3.8, 4) is 0 Å². The number of anilines is 2. The quantitative estimate of drug-likeness (QED) is 0.0746. The molecule has 0 atom stereocenters. The highest BCUT2D eigenvalue weighted by Crippen LogP contribution is 2.23. The molecule has 172 valence electrons. The Morgan fingerprint density at radius 2 is 1.91 bits per heavy atom. The molecule has 1 heterocycles. The number of amidine groups is 1. The molecule has 33 heavy (non-hydrogen) atoms. The lowest BCUT2D eigenvalue weighted by atomic mass is 9.80. The number of hydroxylamine groups is 1. The predicted molar refractivity (Wildman–Crippen MR) is 121 cm³/mol. The van der Waals surface area contributed by atoms with E-state index in [4.69, 9.17) is 14.7 Å². The summed E-state index contributed by atoms with van der Waals surface area (Å²) >= 11 is 3.06. The lowest BCUT2D eigenvalue weighted by molar-refractivity contribution is 0.234. The van der Waals surface area contributed by atoms with E-state index in [1.807, 2.05) is 5.48 Å². The number of halogens is 2. The molecule has 0 unspecified atom stereocenters. The fourth-order valence-electron chi connectivity index (χ4n) is 2.55. The second-order valence-corrected chi connectivity index (χ2v) is 7.29. The summed E-state index contributed by atoms with van der Waals surface area (Å²) in [5, 5.41) is 43.1. The van der Waals surface area contributed by atoms with Crippen molar-refractivity contribution in [2.45, 2.75) is 0 Å². The summed E-state index contributed by atoms with van der Waals surface area (Å²) in [5.74, 6) is -0.410. The van der Waals surface area contributed by atoms with Gasteiger partial charge in [0, 0.05) is 18.8 Å². The highest BCUT2D eigenvalue weighted by atomic mass is 79.9. The topological polar surface area (TPSA) is 177 Å². The van der Waals surface area contributed by atoms with Crippen LogP contribution >= 0.6 is 15.9 Å². The first-order valence-electron chi connectivity index (χ1n) is 9.39. The number of nitrogens with zero attached hydrogens (tertiary/aromatic N) is 3. The SMILES string of the molecule is O=C(NCCNc1nonc1C(=Nc1ccc(F)c(Br)c1)NO)Nc1ccc(B(O)O)cc1. The lowest BCUT2D eigenvalue weighted by Gasteiger charge is -2.09. The molecule has 0 aliphatic carbocycles. The minimum atomic E-state index is -1.58. The van der Waals surface area contributed by atoms with Crippen LogP contribution in [-0.2, 0) is 0 Å². The number of hydrogen-bond donors (Lipinski definition) is 7. The molecule has 0 saturated heterocycles. The third-order valence-electron chi connectivity index (χ3n) is 4.13. The minimum absolute atomic E-state index is 0.0635. The maximum atomic E-state index is 13.4. The van der Waals surface area contributed by atoms with Gasteiger partial charge in [0.2, 0.25) is 5.82 Å². The van der Waals surface area contributed by atoms with Crippen molar-refractivity contribution in [1.82, 2.24) is 21.1 Å². The number of aromatic nitrogens is 2. The zero-order valence-corrected chi connectivity index (χ0v) is 18.4. The zero-order valence-electron chi connectivity index (χ0n) is 16.8. The zero-order chi connectivity index (χ0) is 23.8. The maximum Gasteiger partial charge on any atom is 0.488 e. The Labute approximate surface area is 195 Å². The highest BCUT2D eigenvalue weighted by molar-refractivity contribution is 9.10. The Hall–Kier alpha value is -3.53. The molecule has 0 bridgehead atoms. The van der Waals surface area contributed by atoms with Crippen LogP contribution in [-0.4, -0.2) is 57.6 Å². The van der Waals surface area contributed by atoms with Gasteiger partial charge in [0.1, 0.15) is 5.82 Å². The number of nitrogens with one attached hydrogen (secondary N) is 4. The van der Waals surface area contributed by atoms with Crippen LogP contribution < -0.4 is 26.9 Å². The van der Waals surface area contributed by atoms with Gasteiger partial charge in [-0.3, -0.25) is 10.7 Å². The van der Waals surface area contributed by atoms with Crippen LogP contribution in [0, 0.1) is 5.82 Å². The second kappa shape index (κ2) is 11.4. The summed E-state index contributed by atoms with van der Waals surface area (Å²) in [5.41, 5.74) is 3.06. The van der Waals surface area contributed by atoms with E-state index in [0.717, 1.165) is 0 Å². The summed E-state index contributed by atoms with van der Waals surface area (Å²) in [6, 6.07) is 9.55. The maximum absolute atomic E-state index is 13.4. The standard InChI is InChI=1S/C18H18BBrFN7O5/c20-13-9-12(5-6-14(13)21)24-17(26-32)15-16(28-33-27-15)22-7-8-23-18(29)25-11-3-1-10(2-4-11)19(30)31/h1-6,9,30-32H,7-8H2,(H,22,28)(H,24,26)(H2,23,25,29). The van der Waals surface area contributed by atoms with Crippen LogP contribution in [0.2, 0.25) is 0 Å². The third kappa shape index (κ3) is 6.73. The van der Waals surface area contributed by atoms with Gasteiger partial charge in [-0.2, -0.15) is 0 Å². The van der Waals surface area contributed by atoms with Gasteiger partial charge < -0.3 is 26.0 Å². The molecule has 2 aromatic carbocycles. The van der Waals surface area contributed by atoms with E-state index in [1.165, 1.54) is 42.5 Å². The van der Waals surface area contributed by atoms with E-state index in [1.54, 1.807) is 0 Å². The van der Waals surface area contributed by atoms with E-state index in [-0.39, 0.29) is 34.9 Å². The number of carbonyl (C=O) groups excluding carboxylic acids is 1. The average Bonchev–Trinajstić information content (AvgIpc) is 3.26. The molecule has 12 nitrogen and oxygen atoms in total.